The molecule has 0 aliphatic rings. The predicted octanol–water partition coefficient (Wildman–Crippen LogP) is 3.70. The number of hydrogen-bond donors (Lipinski definition) is 0. The molecule has 0 radical (unpaired) electrons. The SMILES string of the molecule is Cc1noc(N=Cc2cccc(Cl)c2)c1C. The Hall–Kier alpha value is -1.61. The number of nitrogens with zero attached hydrogens (tertiary/aromatic N) is 2. The second kappa shape index (κ2) is 4.49. The van der Waals surface area contributed by atoms with E-state index < -0.39 is 0 Å². The molecule has 4 heteroatoms. The van der Waals surface area contributed by atoms with Crippen molar-refractivity contribution in [2.75, 3.05) is 0 Å². The van der Waals surface area contributed by atoms with Crippen molar-refractivity contribution >= 4 is 23.7 Å². The summed E-state index contributed by atoms with van der Waals surface area (Å²) in [6, 6.07) is 7.46. The van der Waals surface area contributed by atoms with Crippen LogP contribution in [0.4, 0.5) is 5.88 Å². The number of rotatable bonds is 2. The zero-order valence-electron chi connectivity index (χ0n) is 9.07. The summed E-state index contributed by atoms with van der Waals surface area (Å²) in [5.74, 6) is 0.539. The molecule has 0 atom stereocenters. The lowest BCUT2D eigenvalue weighted by atomic mass is 10.2. The van der Waals surface area contributed by atoms with Gasteiger partial charge in [0.2, 0.25) is 0 Å². The molecular weight excluding hydrogens is 224 g/mol. The number of benzene rings is 1. The standard InChI is InChI=1S/C12H11ClN2O/c1-8-9(2)15-16-12(8)14-7-10-4-3-5-11(13)6-10/h3-7H,1-2H3. The van der Waals surface area contributed by atoms with E-state index in [1.807, 2.05) is 38.1 Å². The summed E-state index contributed by atoms with van der Waals surface area (Å²) >= 11 is 5.86. The van der Waals surface area contributed by atoms with Crippen LogP contribution in [-0.2, 0) is 0 Å². The third-order valence-corrected chi connectivity index (χ3v) is 2.55. The van der Waals surface area contributed by atoms with E-state index in [0.29, 0.717) is 10.9 Å². The molecule has 0 aliphatic heterocycles. The first-order chi connectivity index (χ1) is 7.66. The van der Waals surface area contributed by atoms with Gasteiger partial charge in [0.25, 0.3) is 5.88 Å². The van der Waals surface area contributed by atoms with Gasteiger partial charge in [-0.15, -0.1) is 0 Å². The molecule has 1 aromatic heterocycles. The van der Waals surface area contributed by atoms with E-state index in [4.69, 9.17) is 16.1 Å². The van der Waals surface area contributed by atoms with Gasteiger partial charge in [0.15, 0.2) is 0 Å². The monoisotopic (exact) mass is 234 g/mol. The normalized spacial score (nSPS) is 11.2. The third-order valence-electron chi connectivity index (χ3n) is 2.31. The van der Waals surface area contributed by atoms with Crippen LogP contribution in [0, 0.1) is 13.8 Å². The molecule has 82 valence electrons. The largest absolute Gasteiger partial charge is 0.336 e. The van der Waals surface area contributed by atoms with Crippen LogP contribution in [0.1, 0.15) is 16.8 Å². The second-order valence-electron chi connectivity index (χ2n) is 3.51. The summed E-state index contributed by atoms with van der Waals surface area (Å²) in [4.78, 5) is 4.23. The molecule has 0 saturated heterocycles. The van der Waals surface area contributed by atoms with Crippen LogP contribution in [0.5, 0.6) is 0 Å². The van der Waals surface area contributed by atoms with Crippen LogP contribution >= 0.6 is 11.6 Å². The van der Waals surface area contributed by atoms with E-state index in [1.54, 1.807) is 6.21 Å². The topological polar surface area (TPSA) is 38.4 Å². The Morgan fingerprint density at radius 2 is 2.19 bits per heavy atom. The molecule has 0 saturated carbocycles. The molecule has 1 aromatic carbocycles. The maximum Gasteiger partial charge on any atom is 0.253 e. The van der Waals surface area contributed by atoms with Crippen molar-refractivity contribution in [1.82, 2.24) is 5.16 Å². The van der Waals surface area contributed by atoms with E-state index in [1.165, 1.54) is 0 Å². The Morgan fingerprint density at radius 3 is 2.81 bits per heavy atom. The quantitative estimate of drug-likeness (QED) is 0.744. The first kappa shape index (κ1) is 10.9. The van der Waals surface area contributed by atoms with E-state index in [-0.39, 0.29) is 0 Å². The fourth-order valence-corrected chi connectivity index (χ4v) is 1.44. The van der Waals surface area contributed by atoms with Gasteiger partial charge in [-0.1, -0.05) is 28.9 Å². The highest BCUT2D eigenvalue weighted by Crippen LogP contribution is 2.20. The van der Waals surface area contributed by atoms with Crippen LogP contribution < -0.4 is 0 Å². The first-order valence-corrected chi connectivity index (χ1v) is 5.27. The van der Waals surface area contributed by atoms with Crippen molar-refractivity contribution in [3.05, 3.63) is 46.1 Å². The van der Waals surface area contributed by atoms with E-state index in [9.17, 15) is 0 Å². The molecule has 2 aromatic rings. The maximum absolute atomic E-state index is 5.86. The average molecular weight is 235 g/mol. The highest BCUT2D eigenvalue weighted by molar-refractivity contribution is 6.30. The van der Waals surface area contributed by atoms with Crippen LogP contribution in [0.15, 0.2) is 33.8 Å². The van der Waals surface area contributed by atoms with Crippen molar-refractivity contribution in [2.24, 2.45) is 4.99 Å². The summed E-state index contributed by atoms with van der Waals surface area (Å²) in [6.07, 6.45) is 1.71. The van der Waals surface area contributed by atoms with Crippen LogP contribution in [0.25, 0.3) is 0 Å². The molecule has 1 heterocycles. The third kappa shape index (κ3) is 2.31. The molecule has 16 heavy (non-hydrogen) atoms. The minimum absolute atomic E-state index is 0.539. The van der Waals surface area contributed by atoms with E-state index in [2.05, 4.69) is 10.1 Å². The lowest BCUT2D eigenvalue weighted by Gasteiger charge is -1.93. The van der Waals surface area contributed by atoms with Gasteiger partial charge in [-0.3, -0.25) is 0 Å². The number of aryl methyl sites for hydroxylation is 1. The number of aliphatic imine (C=N–C) groups is 1. The van der Waals surface area contributed by atoms with Gasteiger partial charge >= 0.3 is 0 Å². The van der Waals surface area contributed by atoms with Gasteiger partial charge in [0, 0.05) is 16.8 Å². The molecule has 0 amide bonds. The summed E-state index contributed by atoms with van der Waals surface area (Å²) in [7, 11) is 0. The highest BCUT2D eigenvalue weighted by atomic mass is 35.5. The minimum atomic E-state index is 0.539. The molecule has 0 fully saturated rings. The fourth-order valence-electron chi connectivity index (χ4n) is 1.24. The smallest absolute Gasteiger partial charge is 0.253 e. The van der Waals surface area contributed by atoms with Crippen molar-refractivity contribution in [2.45, 2.75) is 13.8 Å². The lowest BCUT2D eigenvalue weighted by molar-refractivity contribution is 0.425. The molecule has 0 aliphatic carbocycles. The van der Waals surface area contributed by atoms with Crippen molar-refractivity contribution in [3.8, 4) is 0 Å². The van der Waals surface area contributed by atoms with E-state index in [0.717, 1.165) is 16.8 Å². The molecule has 0 bridgehead atoms. The van der Waals surface area contributed by atoms with Crippen LogP contribution in [0.2, 0.25) is 5.02 Å². The van der Waals surface area contributed by atoms with Gasteiger partial charge in [0.1, 0.15) is 0 Å². The Morgan fingerprint density at radius 1 is 1.38 bits per heavy atom. The maximum atomic E-state index is 5.86. The van der Waals surface area contributed by atoms with Crippen LogP contribution in [0.3, 0.4) is 0 Å². The summed E-state index contributed by atoms with van der Waals surface area (Å²) < 4.78 is 5.07. The zero-order valence-corrected chi connectivity index (χ0v) is 9.82. The highest BCUT2D eigenvalue weighted by Gasteiger charge is 2.05. The summed E-state index contributed by atoms with van der Waals surface area (Å²) in [5.41, 5.74) is 2.75. The summed E-state index contributed by atoms with van der Waals surface area (Å²) in [5, 5.41) is 4.52. The Labute approximate surface area is 98.7 Å². The molecule has 2 rings (SSSR count). The Kier molecular flexibility index (Phi) is 3.06. The molecule has 0 N–H and O–H groups in total. The first-order valence-electron chi connectivity index (χ1n) is 4.89. The van der Waals surface area contributed by atoms with Crippen LogP contribution in [-0.4, -0.2) is 11.4 Å². The van der Waals surface area contributed by atoms with Gasteiger partial charge in [0.05, 0.1) is 5.69 Å². The van der Waals surface area contributed by atoms with Gasteiger partial charge in [-0.05, 0) is 31.5 Å². The van der Waals surface area contributed by atoms with Gasteiger partial charge in [-0.2, -0.15) is 0 Å². The van der Waals surface area contributed by atoms with Gasteiger partial charge < -0.3 is 4.52 Å². The predicted molar refractivity (Wildman–Crippen MR) is 64.7 cm³/mol. The fraction of sp³-hybridized carbons (Fsp3) is 0.167. The summed E-state index contributed by atoms with van der Waals surface area (Å²) in [6.45, 7) is 3.81. The number of hydrogen-bond acceptors (Lipinski definition) is 3. The average Bonchev–Trinajstić information content (AvgIpc) is 2.57. The number of halogens is 1. The molecule has 0 unspecified atom stereocenters. The Balaban J connectivity index is 2.24. The van der Waals surface area contributed by atoms with Crippen molar-refractivity contribution in [3.63, 3.8) is 0 Å². The van der Waals surface area contributed by atoms with Gasteiger partial charge in [-0.25, -0.2) is 4.99 Å². The molecule has 0 spiro atoms. The zero-order chi connectivity index (χ0) is 11.5. The molecule has 3 nitrogen and oxygen atoms in total. The van der Waals surface area contributed by atoms with Crippen molar-refractivity contribution in [1.29, 1.82) is 0 Å². The molecular formula is C12H11ClN2O. The second-order valence-corrected chi connectivity index (χ2v) is 3.95. The Bertz CT molecular complexity index is 532. The minimum Gasteiger partial charge on any atom is -0.336 e. The number of aromatic nitrogens is 1. The lowest BCUT2D eigenvalue weighted by Crippen LogP contribution is -1.79. The van der Waals surface area contributed by atoms with Crippen molar-refractivity contribution < 1.29 is 4.52 Å². The van der Waals surface area contributed by atoms with E-state index >= 15 is 0 Å².